The maximum atomic E-state index is 13.8. The summed E-state index contributed by atoms with van der Waals surface area (Å²) in [4.78, 5) is 14.5. The highest BCUT2D eigenvalue weighted by molar-refractivity contribution is 6.36. The smallest absolute Gasteiger partial charge is 0.255 e. The van der Waals surface area contributed by atoms with Gasteiger partial charge in [-0.25, -0.2) is 4.39 Å². The van der Waals surface area contributed by atoms with Crippen LogP contribution in [0.2, 0.25) is 10.0 Å². The summed E-state index contributed by atoms with van der Waals surface area (Å²) in [5.74, 6) is -0.0759. The number of halogens is 3. The summed E-state index contributed by atoms with van der Waals surface area (Å²) < 4.78 is 15.7. The maximum Gasteiger partial charge on any atom is 0.255 e. The molecule has 3 heterocycles. The first kappa shape index (κ1) is 17.2. The monoisotopic (exact) mass is 392 g/mol. The van der Waals surface area contributed by atoms with Crippen molar-refractivity contribution in [3.63, 3.8) is 0 Å². The third-order valence-corrected chi connectivity index (χ3v) is 5.26. The molecule has 0 bridgehead atoms. The number of benzene rings is 1. The molecule has 1 unspecified atom stereocenters. The van der Waals surface area contributed by atoms with E-state index in [2.05, 4.69) is 10.2 Å². The Labute approximate surface area is 159 Å². The minimum atomic E-state index is -0.656. The molecular formula is C18H15Cl2FN4O. The van der Waals surface area contributed by atoms with Crippen molar-refractivity contribution in [2.75, 3.05) is 13.1 Å². The van der Waals surface area contributed by atoms with Crippen molar-refractivity contribution in [3.8, 4) is 0 Å². The number of likely N-dealkylation sites (tertiary alicyclic amines) is 1. The minimum absolute atomic E-state index is 0.0565. The van der Waals surface area contributed by atoms with E-state index in [1.54, 1.807) is 4.90 Å². The molecule has 5 nitrogen and oxygen atoms in total. The van der Waals surface area contributed by atoms with Crippen LogP contribution in [-0.2, 0) is 0 Å². The van der Waals surface area contributed by atoms with Crippen LogP contribution in [0, 0.1) is 5.82 Å². The fourth-order valence-electron chi connectivity index (χ4n) is 3.37. The molecule has 134 valence electrons. The van der Waals surface area contributed by atoms with Gasteiger partial charge in [0.2, 0.25) is 0 Å². The summed E-state index contributed by atoms with van der Waals surface area (Å²) in [5.41, 5.74) is 0.897. The van der Waals surface area contributed by atoms with Crippen LogP contribution in [0.3, 0.4) is 0 Å². The Balaban J connectivity index is 1.61. The van der Waals surface area contributed by atoms with Crippen LogP contribution in [0.15, 0.2) is 36.5 Å². The Bertz CT molecular complexity index is 990. The number of hydrogen-bond acceptors (Lipinski definition) is 3. The van der Waals surface area contributed by atoms with Crippen LogP contribution in [0.5, 0.6) is 0 Å². The molecule has 3 aromatic rings. The van der Waals surface area contributed by atoms with E-state index >= 15 is 0 Å². The average molecular weight is 393 g/mol. The van der Waals surface area contributed by atoms with Gasteiger partial charge in [-0.05, 0) is 37.1 Å². The van der Waals surface area contributed by atoms with Gasteiger partial charge in [0.05, 0.1) is 15.6 Å². The molecule has 0 aliphatic carbocycles. The second kappa shape index (κ2) is 6.85. The molecule has 1 amide bonds. The summed E-state index contributed by atoms with van der Waals surface area (Å²) in [6.07, 6.45) is 3.64. The lowest BCUT2D eigenvalue weighted by atomic mass is 9.96. The lowest BCUT2D eigenvalue weighted by Gasteiger charge is -2.32. The van der Waals surface area contributed by atoms with Gasteiger partial charge in [-0.15, -0.1) is 10.2 Å². The molecule has 1 fully saturated rings. The number of aromatic nitrogens is 3. The van der Waals surface area contributed by atoms with Gasteiger partial charge in [0.15, 0.2) is 5.65 Å². The lowest BCUT2D eigenvalue weighted by Crippen LogP contribution is -2.39. The summed E-state index contributed by atoms with van der Waals surface area (Å²) in [6.45, 7) is 1.07. The second-order valence-electron chi connectivity index (χ2n) is 6.32. The number of piperidine rings is 1. The van der Waals surface area contributed by atoms with Crippen molar-refractivity contribution in [1.29, 1.82) is 0 Å². The standard InChI is InChI=1S/C18H15Cl2FN4O/c19-13-9-14(20)15(21)8-12(13)18(26)24-6-3-4-11(10-24)17-23-22-16-5-1-2-7-25(16)17/h1-2,5,7-9,11H,3-4,6,10H2. The van der Waals surface area contributed by atoms with Crippen molar-refractivity contribution in [3.05, 3.63) is 63.8 Å². The highest BCUT2D eigenvalue weighted by atomic mass is 35.5. The summed E-state index contributed by atoms with van der Waals surface area (Å²) >= 11 is 11.8. The Kier molecular flexibility index (Phi) is 4.54. The normalized spacial score (nSPS) is 17.7. The molecule has 26 heavy (non-hydrogen) atoms. The van der Waals surface area contributed by atoms with Crippen LogP contribution < -0.4 is 0 Å². The first-order valence-electron chi connectivity index (χ1n) is 8.28. The molecule has 1 atom stereocenters. The number of pyridine rings is 1. The third kappa shape index (κ3) is 3.04. The molecule has 0 N–H and O–H groups in total. The number of hydrogen-bond donors (Lipinski definition) is 0. The predicted octanol–water partition coefficient (Wildman–Crippen LogP) is 4.20. The Morgan fingerprint density at radius 2 is 2.04 bits per heavy atom. The quantitative estimate of drug-likeness (QED) is 0.614. The van der Waals surface area contributed by atoms with Crippen LogP contribution in [0.4, 0.5) is 4.39 Å². The Morgan fingerprint density at radius 3 is 2.88 bits per heavy atom. The Hall–Kier alpha value is -2.18. The number of rotatable bonds is 2. The van der Waals surface area contributed by atoms with Crippen LogP contribution in [0.25, 0.3) is 5.65 Å². The number of fused-ring (bicyclic) bond motifs is 1. The molecule has 1 saturated heterocycles. The third-order valence-electron chi connectivity index (χ3n) is 4.65. The first-order chi connectivity index (χ1) is 12.5. The fourth-order valence-corrected chi connectivity index (χ4v) is 3.83. The molecule has 0 radical (unpaired) electrons. The van der Waals surface area contributed by atoms with Crippen molar-refractivity contribution in [2.24, 2.45) is 0 Å². The maximum absolute atomic E-state index is 13.8. The van der Waals surface area contributed by atoms with E-state index in [0.717, 1.165) is 30.4 Å². The van der Waals surface area contributed by atoms with Gasteiger partial charge >= 0.3 is 0 Å². The van der Waals surface area contributed by atoms with E-state index in [4.69, 9.17) is 23.2 Å². The van der Waals surface area contributed by atoms with Crippen molar-refractivity contribution < 1.29 is 9.18 Å². The number of amides is 1. The van der Waals surface area contributed by atoms with E-state index < -0.39 is 5.82 Å². The molecule has 1 aliphatic rings. The van der Waals surface area contributed by atoms with Crippen molar-refractivity contribution in [1.82, 2.24) is 19.5 Å². The SMILES string of the molecule is O=C(c1cc(F)c(Cl)cc1Cl)N1CCCC(c2nnc3ccccn23)C1. The number of nitrogens with zero attached hydrogens (tertiary/aromatic N) is 4. The molecule has 8 heteroatoms. The van der Waals surface area contributed by atoms with E-state index in [9.17, 15) is 9.18 Å². The van der Waals surface area contributed by atoms with Crippen molar-refractivity contribution in [2.45, 2.75) is 18.8 Å². The van der Waals surface area contributed by atoms with E-state index in [0.29, 0.717) is 13.1 Å². The number of carbonyl (C=O) groups is 1. The second-order valence-corrected chi connectivity index (χ2v) is 7.14. The zero-order valence-corrected chi connectivity index (χ0v) is 15.2. The van der Waals surface area contributed by atoms with Crippen molar-refractivity contribution >= 4 is 34.8 Å². The predicted molar refractivity (Wildman–Crippen MR) is 97.3 cm³/mol. The summed E-state index contributed by atoms with van der Waals surface area (Å²) in [7, 11) is 0. The van der Waals surface area contributed by atoms with Crippen LogP contribution >= 0.6 is 23.2 Å². The van der Waals surface area contributed by atoms with E-state index in [1.165, 1.54) is 6.07 Å². The van der Waals surface area contributed by atoms with Gasteiger partial charge in [-0.3, -0.25) is 9.20 Å². The zero-order valence-electron chi connectivity index (χ0n) is 13.7. The van der Waals surface area contributed by atoms with Gasteiger partial charge in [0, 0.05) is 25.2 Å². The minimum Gasteiger partial charge on any atom is -0.338 e. The largest absolute Gasteiger partial charge is 0.338 e. The molecule has 1 aromatic carbocycles. The van der Waals surface area contributed by atoms with Gasteiger partial charge < -0.3 is 4.90 Å². The van der Waals surface area contributed by atoms with E-state index in [-0.39, 0.29) is 27.4 Å². The zero-order chi connectivity index (χ0) is 18.3. The fraction of sp³-hybridized carbons (Fsp3) is 0.278. The van der Waals surface area contributed by atoms with Gasteiger partial charge in [-0.1, -0.05) is 29.3 Å². The first-order valence-corrected chi connectivity index (χ1v) is 9.03. The molecule has 4 rings (SSSR count). The topological polar surface area (TPSA) is 50.5 Å². The highest BCUT2D eigenvalue weighted by Gasteiger charge is 2.29. The summed E-state index contributed by atoms with van der Waals surface area (Å²) in [6, 6.07) is 8.07. The van der Waals surface area contributed by atoms with Gasteiger partial charge in [-0.2, -0.15) is 0 Å². The molecule has 2 aromatic heterocycles. The molecular weight excluding hydrogens is 378 g/mol. The van der Waals surface area contributed by atoms with Crippen LogP contribution in [0.1, 0.15) is 34.9 Å². The number of carbonyl (C=O) groups excluding carboxylic acids is 1. The molecule has 1 aliphatic heterocycles. The molecule has 0 saturated carbocycles. The van der Waals surface area contributed by atoms with Gasteiger partial charge in [0.25, 0.3) is 5.91 Å². The molecule has 0 spiro atoms. The van der Waals surface area contributed by atoms with Crippen LogP contribution in [-0.4, -0.2) is 38.5 Å². The van der Waals surface area contributed by atoms with E-state index in [1.807, 2.05) is 28.8 Å². The lowest BCUT2D eigenvalue weighted by molar-refractivity contribution is 0.0704. The van der Waals surface area contributed by atoms with Gasteiger partial charge in [0.1, 0.15) is 11.6 Å². The summed E-state index contributed by atoms with van der Waals surface area (Å²) in [5, 5.41) is 8.53. The Morgan fingerprint density at radius 1 is 1.19 bits per heavy atom. The average Bonchev–Trinajstić information content (AvgIpc) is 3.08. The highest BCUT2D eigenvalue weighted by Crippen LogP contribution is 2.30.